The summed E-state index contributed by atoms with van der Waals surface area (Å²) in [5, 5.41) is 10.8. The molecule has 0 saturated carbocycles. The molecule has 4 N–H and O–H groups in total. The molecule has 1 saturated heterocycles. The van der Waals surface area contributed by atoms with Crippen LogP contribution >= 0.6 is 0 Å². The van der Waals surface area contributed by atoms with E-state index in [-0.39, 0.29) is 31.1 Å². The summed E-state index contributed by atoms with van der Waals surface area (Å²) >= 11 is 0. The van der Waals surface area contributed by atoms with Gasteiger partial charge in [-0.2, -0.15) is 0 Å². The van der Waals surface area contributed by atoms with E-state index >= 15 is 0 Å². The van der Waals surface area contributed by atoms with E-state index in [1.54, 1.807) is 0 Å². The monoisotopic (exact) mass is 187 g/mol. The van der Waals surface area contributed by atoms with E-state index in [4.69, 9.17) is 10.8 Å². The molecule has 1 heterocycles. The Morgan fingerprint density at radius 2 is 2.31 bits per heavy atom. The van der Waals surface area contributed by atoms with Crippen LogP contribution in [0, 0.1) is 0 Å². The molecule has 1 rings (SSSR count). The average Bonchev–Trinajstić information content (AvgIpc) is 2.41. The largest absolute Gasteiger partial charge is 0.395 e. The molecular formula is C7H13N3O3. The van der Waals surface area contributed by atoms with Crippen molar-refractivity contribution < 1.29 is 14.7 Å². The van der Waals surface area contributed by atoms with Crippen LogP contribution in [0.5, 0.6) is 0 Å². The van der Waals surface area contributed by atoms with Crippen LogP contribution in [-0.4, -0.2) is 47.7 Å². The molecule has 0 aliphatic carbocycles. The molecule has 0 aromatic rings. The topological polar surface area (TPSA) is 95.7 Å². The second-order valence-electron chi connectivity index (χ2n) is 3.01. The molecule has 1 unspecified atom stereocenters. The van der Waals surface area contributed by atoms with Gasteiger partial charge in [0.1, 0.15) is 6.54 Å². The van der Waals surface area contributed by atoms with Crippen LogP contribution in [0.1, 0.15) is 6.42 Å². The van der Waals surface area contributed by atoms with Gasteiger partial charge in [0.05, 0.1) is 6.61 Å². The second kappa shape index (κ2) is 4.20. The van der Waals surface area contributed by atoms with Crippen molar-refractivity contribution in [2.45, 2.75) is 12.5 Å². The number of nitrogens with two attached hydrogens (primary N) is 1. The van der Waals surface area contributed by atoms with E-state index < -0.39 is 0 Å². The molecule has 1 atom stereocenters. The van der Waals surface area contributed by atoms with Crippen molar-refractivity contribution in [1.29, 1.82) is 0 Å². The van der Waals surface area contributed by atoms with E-state index in [1.807, 2.05) is 0 Å². The van der Waals surface area contributed by atoms with E-state index in [2.05, 4.69) is 5.32 Å². The number of nitrogens with zero attached hydrogens (tertiary/aromatic N) is 1. The lowest BCUT2D eigenvalue weighted by Gasteiger charge is -2.15. The Bertz CT molecular complexity index is 219. The average molecular weight is 187 g/mol. The number of aliphatic hydroxyl groups excluding tert-OH is 1. The molecule has 1 aliphatic rings. The summed E-state index contributed by atoms with van der Waals surface area (Å²) < 4.78 is 0. The SMILES string of the molecule is NC(CO)CCN1CC(=O)NC1=O. The molecule has 6 nitrogen and oxygen atoms in total. The number of hydrogen-bond acceptors (Lipinski definition) is 4. The van der Waals surface area contributed by atoms with Gasteiger partial charge in [0.2, 0.25) is 5.91 Å². The number of aliphatic hydroxyl groups is 1. The summed E-state index contributed by atoms with van der Waals surface area (Å²) in [5.41, 5.74) is 5.44. The van der Waals surface area contributed by atoms with Crippen LogP contribution in [0.4, 0.5) is 4.79 Å². The van der Waals surface area contributed by atoms with Crippen molar-refractivity contribution in [2.75, 3.05) is 19.7 Å². The maximum absolute atomic E-state index is 11.0. The summed E-state index contributed by atoms with van der Waals surface area (Å²) in [7, 11) is 0. The third-order valence-electron chi connectivity index (χ3n) is 1.87. The quantitative estimate of drug-likeness (QED) is 0.455. The van der Waals surface area contributed by atoms with Gasteiger partial charge in [-0.15, -0.1) is 0 Å². The Morgan fingerprint density at radius 1 is 1.62 bits per heavy atom. The lowest BCUT2D eigenvalue weighted by molar-refractivity contribution is -0.118. The normalized spacial score (nSPS) is 19.1. The van der Waals surface area contributed by atoms with Gasteiger partial charge in [0, 0.05) is 12.6 Å². The highest BCUT2D eigenvalue weighted by molar-refractivity contribution is 6.01. The van der Waals surface area contributed by atoms with Crippen LogP contribution in [0.25, 0.3) is 0 Å². The van der Waals surface area contributed by atoms with Gasteiger partial charge in [0.25, 0.3) is 0 Å². The van der Waals surface area contributed by atoms with Crippen molar-refractivity contribution >= 4 is 11.9 Å². The lowest BCUT2D eigenvalue weighted by Crippen LogP contribution is -2.34. The van der Waals surface area contributed by atoms with Crippen molar-refractivity contribution in [3.63, 3.8) is 0 Å². The first kappa shape index (κ1) is 9.94. The summed E-state index contributed by atoms with van der Waals surface area (Å²) in [6.07, 6.45) is 0.497. The Kier molecular flexibility index (Phi) is 3.21. The predicted octanol–water partition coefficient (Wildman–Crippen LogP) is -1.75. The fourth-order valence-electron chi connectivity index (χ4n) is 1.08. The summed E-state index contributed by atoms with van der Waals surface area (Å²) in [6.45, 7) is 0.389. The molecule has 3 amide bonds. The van der Waals surface area contributed by atoms with Gasteiger partial charge >= 0.3 is 6.03 Å². The van der Waals surface area contributed by atoms with Gasteiger partial charge in [-0.1, -0.05) is 0 Å². The fraction of sp³-hybridized carbons (Fsp3) is 0.714. The molecule has 6 heteroatoms. The fourth-order valence-corrected chi connectivity index (χ4v) is 1.08. The van der Waals surface area contributed by atoms with E-state index in [0.717, 1.165) is 0 Å². The molecule has 0 aromatic carbocycles. The van der Waals surface area contributed by atoms with Crippen LogP contribution in [-0.2, 0) is 4.79 Å². The van der Waals surface area contributed by atoms with Crippen LogP contribution in [0.3, 0.4) is 0 Å². The molecule has 74 valence electrons. The zero-order valence-electron chi connectivity index (χ0n) is 7.19. The number of imide groups is 1. The molecule has 0 spiro atoms. The number of nitrogens with one attached hydrogen (secondary N) is 1. The van der Waals surface area contributed by atoms with Crippen molar-refractivity contribution in [2.24, 2.45) is 5.73 Å². The summed E-state index contributed by atoms with van der Waals surface area (Å²) in [4.78, 5) is 23.1. The van der Waals surface area contributed by atoms with E-state index in [1.165, 1.54) is 4.90 Å². The first-order valence-corrected chi connectivity index (χ1v) is 4.08. The Morgan fingerprint density at radius 3 is 2.77 bits per heavy atom. The third-order valence-corrected chi connectivity index (χ3v) is 1.87. The Labute approximate surface area is 75.7 Å². The Hall–Kier alpha value is -1.14. The number of hydrogen-bond donors (Lipinski definition) is 3. The zero-order chi connectivity index (χ0) is 9.84. The number of rotatable bonds is 4. The maximum Gasteiger partial charge on any atom is 0.324 e. The van der Waals surface area contributed by atoms with Gasteiger partial charge in [0.15, 0.2) is 0 Å². The molecular weight excluding hydrogens is 174 g/mol. The van der Waals surface area contributed by atoms with E-state index in [0.29, 0.717) is 13.0 Å². The van der Waals surface area contributed by atoms with E-state index in [9.17, 15) is 9.59 Å². The molecule has 0 aromatic heterocycles. The molecule has 13 heavy (non-hydrogen) atoms. The number of carbonyl (C=O) groups excluding carboxylic acids is 2. The Balaban J connectivity index is 2.29. The highest BCUT2D eigenvalue weighted by atomic mass is 16.3. The lowest BCUT2D eigenvalue weighted by atomic mass is 10.2. The minimum absolute atomic E-state index is 0.0942. The van der Waals surface area contributed by atoms with Crippen LogP contribution in [0.2, 0.25) is 0 Å². The second-order valence-corrected chi connectivity index (χ2v) is 3.01. The standard InChI is InChI=1S/C7H13N3O3/c8-5(4-11)1-2-10-3-6(12)9-7(10)13/h5,11H,1-4,8H2,(H,9,12,13). The predicted molar refractivity (Wildman–Crippen MR) is 44.8 cm³/mol. The van der Waals surface area contributed by atoms with Crippen molar-refractivity contribution in [1.82, 2.24) is 10.2 Å². The molecule has 1 aliphatic heterocycles. The third kappa shape index (κ3) is 2.67. The van der Waals surface area contributed by atoms with Gasteiger partial charge in [-0.05, 0) is 6.42 Å². The summed E-state index contributed by atoms with van der Waals surface area (Å²) in [5.74, 6) is -0.289. The number of urea groups is 1. The number of carbonyl (C=O) groups is 2. The van der Waals surface area contributed by atoms with Crippen molar-refractivity contribution in [3.8, 4) is 0 Å². The molecule has 0 radical (unpaired) electrons. The highest BCUT2D eigenvalue weighted by Crippen LogP contribution is 2.00. The first-order chi connectivity index (χ1) is 6.13. The minimum atomic E-state index is -0.380. The van der Waals surface area contributed by atoms with Crippen molar-refractivity contribution in [3.05, 3.63) is 0 Å². The maximum atomic E-state index is 11.0. The highest BCUT2D eigenvalue weighted by Gasteiger charge is 2.26. The molecule has 0 bridgehead atoms. The van der Waals surface area contributed by atoms with Gasteiger partial charge in [-0.3, -0.25) is 10.1 Å². The van der Waals surface area contributed by atoms with Gasteiger partial charge < -0.3 is 15.7 Å². The minimum Gasteiger partial charge on any atom is -0.395 e. The number of amides is 3. The molecule has 1 fully saturated rings. The zero-order valence-corrected chi connectivity index (χ0v) is 7.19. The first-order valence-electron chi connectivity index (χ1n) is 4.08. The van der Waals surface area contributed by atoms with Crippen LogP contribution in [0.15, 0.2) is 0 Å². The van der Waals surface area contributed by atoms with Crippen LogP contribution < -0.4 is 11.1 Å². The summed E-state index contributed by atoms with van der Waals surface area (Å²) in [6, 6.07) is -0.710. The van der Waals surface area contributed by atoms with Gasteiger partial charge in [-0.25, -0.2) is 4.79 Å². The smallest absolute Gasteiger partial charge is 0.324 e.